The van der Waals surface area contributed by atoms with Crippen LogP contribution in [0.5, 0.6) is 0 Å². The maximum Gasteiger partial charge on any atom is 0.407 e. The highest BCUT2D eigenvalue weighted by atomic mass is 16.5. The number of aliphatic hydroxyl groups is 1. The molecule has 8 nitrogen and oxygen atoms in total. The van der Waals surface area contributed by atoms with Crippen LogP contribution in [0.25, 0.3) is 0 Å². The summed E-state index contributed by atoms with van der Waals surface area (Å²) in [6.07, 6.45) is 0.136. The molecule has 3 amide bonds. The first-order valence-corrected chi connectivity index (χ1v) is 12.7. The van der Waals surface area contributed by atoms with Crippen molar-refractivity contribution < 1.29 is 24.2 Å². The Hall–Kier alpha value is -3.39. The van der Waals surface area contributed by atoms with Crippen LogP contribution in [0, 0.1) is 5.92 Å². The van der Waals surface area contributed by atoms with Gasteiger partial charge < -0.3 is 25.4 Å². The number of amides is 3. The lowest BCUT2D eigenvalue weighted by Crippen LogP contribution is -2.56. The molecule has 0 bridgehead atoms. The third-order valence-electron chi connectivity index (χ3n) is 6.61. The average Bonchev–Trinajstić information content (AvgIpc) is 3.40. The highest BCUT2D eigenvalue weighted by Gasteiger charge is 2.39. The fourth-order valence-corrected chi connectivity index (χ4v) is 4.21. The van der Waals surface area contributed by atoms with Crippen LogP contribution in [-0.2, 0) is 27.4 Å². The van der Waals surface area contributed by atoms with Gasteiger partial charge in [0.05, 0.1) is 6.04 Å². The Kier molecular flexibility index (Phi) is 10.3. The first-order chi connectivity index (χ1) is 17.4. The van der Waals surface area contributed by atoms with Gasteiger partial charge in [0, 0.05) is 13.1 Å². The second-order valence-electron chi connectivity index (χ2n) is 9.40. The summed E-state index contributed by atoms with van der Waals surface area (Å²) in [7, 11) is 0. The number of likely N-dealkylation sites (tertiary alicyclic amines) is 1. The number of carbonyl (C=O) groups excluding carboxylic acids is 3. The van der Waals surface area contributed by atoms with Crippen molar-refractivity contribution in [2.24, 2.45) is 5.92 Å². The third-order valence-corrected chi connectivity index (χ3v) is 6.61. The van der Waals surface area contributed by atoms with E-state index in [1.165, 1.54) is 4.90 Å². The summed E-state index contributed by atoms with van der Waals surface area (Å²) in [4.78, 5) is 40.2. The summed E-state index contributed by atoms with van der Waals surface area (Å²) in [5.41, 5.74) is 1.68. The quantitative estimate of drug-likeness (QED) is 0.444. The van der Waals surface area contributed by atoms with Crippen molar-refractivity contribution in [3.63, 3.8) is 0 Å². The largest absolute Gasteiger partial charge is 0.445 e. The molecule has 1 aliphatic rings. The zero-order valence-corrected chi connectivity index (χ0v) is 21.1. The highest BCUT2D eigenvalue weighted by Crippen LogP contribution is 2.20. The first-order valence-electron chi connectivity index (χ1n) is 12.7. The summed E-state index contributed by atoms with van der Waals surface area (Å²) in [6, 6.07) is 17.0. The SMILES string of the molecule is CC[C@H](C)CNC(=O)[C@@H]1CCCN1C(=O)C(O)[C@H](Cc1ccccc1)NC(=O)OCc1ccccc1. The Morgan fingerprint density at radius 2 is 1.69 bits per heavy atom. The molecule has 1 unspecified atom stereocenters. The van der Waals surface area contributed by atoms with Gasteiger partial charge in [-0.25, -0.2) is 4.79 Å². The van der Waals surface area contributed by atoms with Crippen LogP contribution in [0.4, 0.5) is 4.79 Å². The molecule has 0 aromatic heterocycles. The van der Waals surface area contributed by atoms with Crippen molar-refractivity contribution in [2.45, 2.75) is 64.3 Å². The van der Waals surface area contributed by atoms with E-state index in [0.717, 1.165) is 17.5 Å². The maximum absolute atomic E-state index is 13.4. The van der Waals surface area contributed by atoms with Gasteiger partial charge in [-0.1, -0.05) is 80.9 Å². The molecule has 0 spiro atoms. The summed E-state index contributed by atoms with van der Waals surface area (Å²) in [5, 5.41) is 16.7. The number of hydrogen-bond donors (Lipinski definition) is 3. The minimum atomic E-state index is -1.53. The molecule has 36 heavy (non-hydrogen) atoms. The molecule has 1 heterocycles. The first kappa shape index (κ1) is 27.2. The molecule has 2 aromatic rings. The van der Waals surface area contributed by atoms with Crippen molar-refractivity contribution in [3.8, 4) is 0 Å². The van der Waals surface area contributed by atoms with Crippen molar-refractivity contribution in [1.29, 1.82) is 0 Å². The highest BCUT2D eigenvalue weighted by molar-refractivity contribution is 5.90. The summed E-state index contributed by atoms with van der Waals surface area (Å²) >= 11 is 0. The fraction of sp³-hybridized carbons (Fsp3) is 0.464. The van der Waals surface area contributed by atoms with E-state index in [1.807, 2.05) is 60.7 Å². The molecule has 8 heteroatoms. The van der Waals surface area contributed by atoms with Crippen molar-refractivity contribution in [1.82, 2.24) is 15.5 Å². The van der Waals surface area contributed by atoms with Crippen molar-refractivity contribution >= 4 is 17.9 Å². The van der Waals surface area contributed by atoms with E-state index >= 15 is 0 Å². The molecule has 1 aliphatic heterocycles. The second kappa shape index (κ2) is 13.6. The van der Waals surface area contributed by atoms with E-state index in [1.54, 1.807) is 0 Å². The molecule has 0 radical (unpaired) electrons. The Bertz CT molecular complexity index is 985. The molecule has 1 saturated heterocycles. The van der Waals surface area contributed by atoms with Crippen molar-refractivity contribution in [3.05, 3.63) is 71.8 Å². The maximum atomic E-state index is 13.4. The van der Waals surface area contributed by atoms with Gasteiger partial charge in [0.1, 0.15) is 12.6 Å². The molecular weight excluding hydrogens is 458 g/mol. The normalized spacial score (nSPS) is 17.6. The van der Waals surface area contributed by atoms with Crippen molar-refractivity contribution in [2.75, 3.05) is 13.1 Å². The lowest BCUT2D eigenvalue weighted by Gasteiger charge is -2.30. The van der Waals surface area contributed by atoms with Gasteiger partial charge >= 0.3 is 6.09 Å². The molecule has 4 atom stereocenters. The Balaban J connectivity index is 1.67. The van der Waals surface area contributed by atoms with Crippen LogP contribution in [0.3, 0.4) is 0 Å². The molecular formula is C28H37N3O5. The summed E-state index contributed by atoms with van der Waals surface area (Å²) < 4.78 is 5.33. The number of rotatable bonds is 11. The molecule has 0 saturated carbocycles. The number of carbonyl (C=O) groups is 3. The van der Waals surface area contributed by atoms with Crippen LogP contribution < -0.4 is 10.6 Å². The van der Waals surface area contributed by atoms with Crippen LogP contribution >= 0.6 is 0 Å². The van der Waals surface area contributed by atoms with Gasteiger partial charge in [0.2, 0.25) is 5.91 Å². The number of benzene rings is 2. The van der Waals surface area contributed by atoms with Gasteiger partial charge in [0.25, 0.3) is 5.91 Å². The molecule has 3 N–H and O–H groups in total. The van der Waals surface area contributed by atoms with Crippen LogP contribution in [0.1, 0.15) is 44.2 Å². The number of aliphatic hydroxyl groups excluding tert-OH is 1. The zero-order valence-electron chi connectivity index (χ0n) is 21.1. The predicted octanol–water partition coefficient (Wildman–Crippen LogP) is 3.04. The van der Waals surface area contributed by atoms with Gasteiger partial charge in [0.15, 0.2) is 6.10 Å². The van der Waals surface area contributed by atoms with E-state index < -0.39 is 30.2 Å². The van der Waals surface area contributed by atoms with Gasteiger partial charge in [-0.2, -0.15) is 0 Å². The molecule has 1 fully saturated rings. The molecule has 3 rings (SSSR count). The smallest absolute Gasteiger partial charge is 0.407 e. The van der Waals surface area contributed by atoms with E-state index in [9.17, 15) is 19.5 Å². The average molecular weight is 496 g/mol. The summed E-state index contributed by atoms with van der Waals surface area (Å²) in [5.74, 6) is -0.435. The monoisotopic (exact) mass is 495 g/mol. The van der Waals surface area contributed by atoms with Crippen LogP contribution in [0.15, 0.2) is 60.7 Å². The second-order valence-corrected chi connectivity index (χ2v) is 9.40. The predicted molar refractivity (Wildman–Crippen MR) is 137 cm³/mol. The van der Waals surface area contributed by atoms with Gasteiger partial charge in [-0.15, -0.1) is 0 Å². The van der Waals surface area contributed by atoms with Crippen LogP contribution in [-0.4, -0.2) is 59.2 Å². The van der Waals surface area contributed by atoms with Gasteiger partial charge in [-0.05, 0) is 36.3 Å². The minimum absolute atomic E-state index is 0.0688. The number of nitrogens with zero attached hydrogens (tertiary/aromatic N) is 1. The fourth-order valence-electron chi connectivity index (χ4n) is 4.21. The zero-order chi connectivity index (χ0) is 25.9. The van der Waals surface area contributed by atoms with E-state index in [4.69, 9.17) is 4.74 Å². The number of alkyl carbamates (subject to hydrolysis) is 1. The number of hydrogen-bond acceptors (Lipinski definition) is 5. The molecule has 194 valence electrons. The van der Waals surface area contributed by atoms with Gasteiger partial charge in [-0.3, -0.25) is 9.59 Å². The van der Waals surface area contributed by atoms with E-state index in [2.05, 4.69) is 24.5 Å². The minimum Gasteiger partial charge on any atom is -0.445 e. The molecule has 2 aromatic carbocycles. The summed E-state index contributed by atoms with van der Waals surface area (Å²) in [6.45, 7) is 5.11. The van der Waals surface area contributed by atoms with E-state index in [-0.39, 0.29) is 18.9 Å². The number of ether oxygens (including phenoxy) is 1. The van der Waals surface area contributed by atoms with Crippen LogP contribution in [0.2, 0.25) is 0 Å². The topological polar surface area (TPSA) is 108 Å². The van der Waals surface area contributed by atoms with E-state index in [0.29, 0.717) is 31.8 Å². The Morgan fingerprint density at radius 3 is 2.33 bits per heavy atom. The Labute approximate surface area is 213 Å². The lowest BCUT2D eigenvalue weighted by atomic mass is 10.00. The lowest BCUT2D eigenvalue weighted by molar-refractivity contribution is -0.146. The third kappa shape index (κ3) is 7.81. The standard InChI is InChI=1S/C28H37N3O5/c1-3-20(2)18-29-26(33)24-15-10-16-31(24)27(34)25(32)23(17-21-11-6-4-7-12-21)30-28(35)36-19-22-13-8-5-9-14-22/h4-9,11-14,20,23-25,32H,3,10,15-19H2,1-2H3,(H,29,33)(H,30,35)/t20-,23-,24-,25?/m0/s1. The molecule has 0 aliphatic carbocycles. The number of nitrogens with one attached hydrogen (secondary N) is 2. The Morgan fingerprint density at radius 1 is 1.06 bits per heavy atom.